The van der Waals surface area contributed by atoms with E-state index in [-0.39, 0.29) is 0 Å². The van der Waals surface area contributed by atoms with Gasteiger partial charge in [-0.05, 0) is 41.6 Å². The smallest absolute Gasteiger partial charge is 0.214 e. The standard InChI is InChI=1S/C18H17N7OS/c1-2-26-15-10-6-5-9-14(15)25-18(22-23-24-25)27-11-16-20-13-8-4-3-7-12(13)17(19)21-16/h3-10H,2,11H2,1H3,(H2,19,20,21). The first-order valence-corrected chi connectivity index (χ1v) is 9.39. The predicted octanol–water partition coefficient (Wildman–Crippen LogP) is 2.88. The van der Waals surface area contributed by atoms with Crippen LogP contribution in [0.1, 0.15) is 12.7 Å². The quantitative estimate of drug-likeness (QED) is 0.510. The van der Waals surface area contributed by atoms with Gasteiger partial charge in [-0.25, -0.2) is 9.97 Å². The predicted molar refractivity (Wildman–Crippen MR) is 104 cm³/mol. The molecule has 136 valence electrons. The third-order valence-corrected chi connectivity index (χ3v) is 4.76. The van der Waals surface area contributed by atoms with Crippen LogP contribution in [-0.4, -0.2) is 36.8 Å². The van der Waals surface area contributed by atoms with Crippen molar-refractivity contribution in [3.8, 4) is 11.4 Å². The van der Waals surface area contributed by atoms with Gasteiger partial charge in [0.05, 0.1) is 17.9 Å². The maximum Gasteiger partial charge on any atom is 0.214 e. The molecule has 0 unspecified atom stereocenters. The van der Waals surface area contributed by atoms with Crippen molar-refractivity contribution in [3.05, 3.63) is 54.4 Å². The highest BCUT2D eigenvalue weighted by Gasteiger charge is 2.14. The Balaban J connectivity index is 1.60. The number of nitrogens with zero attached hydrogens (tertiary/aromatic N) is 6. The van der Waals surface area contributed by atoms with Crippen LogP contribution in [-0.2, 0) is 5.75 Å². The number of aromatic nitrogens is 6. The summed E-state index contributed by atoms with van der Waals surface area (Å²) in [5.41, 5.74) is 7.66. The summed E-state index contributed by atoms with van der Waals surface area (Å²) in [6, 6.07) is 15.3. The van der Waals surface area contributed by atoms with Gasteiger partial charge in [0.2, 0.25) is 5.16 Å². The van der Waals surface area contributed by atoms with Crippen LogP contribution in [0.15, 0.2) is 53.7 Å². The number of anilines is 1. The van der Waals surface area contributed by atoms with Gasteiger partial charge in [-0.1, -0.05) is 36.0 Å². The van der Waals surface area contributed by atoms with Crippen LogP contribution in [0.2, 0.25) is 0 Å². The Bertz CT molecular complexity index is 1080. The Morgan fingerprint density at radius 2 is 1.89 bits per heavy atom. The lowest BCUT2D eigenvalue weighted by molar-refractivity contribution is 0.337. The molecule has 0 aliphatic heterocycles. The number of tetrazole rings is 1. The summed E-state index contributed by atoms with van der Waals surface area (Å²) < 4.78 is 7.33. The molecule has 0 aliphatic rings. The molecule has 0 atom stereocenters. The molecule has 0 aliphatic carbocycles. The van der Waals surface area contributed by atoms with Crippen LogP contribution >= 0.6 is 11.8 Å². The Morgan fingerprint density at radius 1 is 1.07 bits per heavy atom. The molecule has 2 N–H and O–H groups in total. The van der Waals surface area contributed by atoms with Crippen LogP contribution < -0.4 is 10.5 Å². The molecular formula is C18H17N7OS. The SMILES string of the molecule is CCOc1ccccc1-n1nnnc1SCc1nc(N)c2ccccc2n1. The zero-order valence-electron chi connectivity index (χ0n) is 14.6. The largest absolute Gasteiger partial charge is 0.492 e. The van der Waals surface area contributed by atoms with Crippen molar-refractivity contribution in [1.29, 1.82) is 0 Å². The minimum absolute atomic E-state index is 0.470. The van der Waals surface area contributed by atoms with Gasteiger partial charge in [0.1, 0.15) is 23.1 Å². The molecule has 4 rings (SSSR count). The van der Waals surface area contributed by atoms with E-state index in [1.54, 1.807) is 4.68 Å². The fraction of sp³-hybridized carbons (Fsp3) is 0.167. The number of rotatable bonds is 6. The summed E-state index contributed by atoms with van der Waals surface area (Å²) in [6.45, 7) is 2.50. The number of ether oxygens (including phenoxy) is 1. The summed E-state index contributed by atoms with van der Waals surface area (Å²) in [7, 11) is 0. The van der Waals surface area contributed by atoms with Crippen molar-refractivity contribution >= 4 is 28.5 Å². The van der Waals surface area contributed by atoms with Gasteiger partial charge in [-0.2, -0.15) is 4.68 Å². The van der Waals surface area contributed by atoms with Crippen LogP contribution in [0.3, 0.4) is 0 Å². The van der Waals surface area contributed by atoms with E-state index in [1.807, 2.05) is 55.5 Å². The van der Waals surface area contributed by atoms with E-state index < -0.39 is 0 Å². The first kappa shape index (κ1) is 17.2. The normalized spacial score (nSPS) is 11.0. The number of benzene rings is 2. The Labute approximate surface area is 159 Å². The summed E-state index contributed by atoms with van der Waals surface area (Å²) in [5.74, 6) is 2.31. The van der Waals surface area contributed by atoms with Crippen LogP contribution in [0, 0.1) is 0 Å². The second-order valence-corrected chi connectivity index (χ2v) is 6.55. The Kier molecular flexibility index (Phi) is 4.84. The minimum Gasteiger partial charge on any atom is -0.492 e. The first-order chi connectivity index (χ1) is 13.3. The van der Waals surface area contributed by atoms with Crippen LogP contribution in [0.25, 0.3) is 16.6 Å². The zero-order valence-corrected chi connectivity index (χ0v) is 15.4. The van der Waals surface area contributed by atoms with E-state index in [1.165, 1.54) is 11.8 Å². The molecule has 2 aromatic carbocycles. The van der Waals surface area contributed by atoms with E-state index in [0.717, 1.165) is 22.3 Å². The second kappa shape index (κ2) is 7.58. The number of thioether (sulfide) groups is 1. The minimum atomic E-state index is 0.470. The number of hydrogen-bond donors (Lipinski definition) is 1. The van der Waals surface area contributed by atoms with E-state index in [9.17, 15) is 0 Å². The molecule has 2 aromatic heterocycles. The van der Waals surface area contributed by atoms with Gasteiger partial charge in [0.25, 0.3) is 0 Å². The lowest BCUT2D eigenvalue weighted by Gasteiger charge is -2.10. The average Bonchev–Trinajstić information content (AvgIpc) is 3.15. The molecular weight excluding hydrogens is 362 g/mol. The maximum absolute atomic E-state index is 6.06. The molecule has 8 nitrogen and oxygen atoms in total. The Hall–Kier alpha value is -3.20. The molecule has 9 heteroatoms. The molecule has 0 saturated heterocycles. The number of nitrogen functional groups attached to an aromatic ring is 1. The average molecular weight is 379 g/mol. The van der Waals surface area contributed by atoms with Gasteiger partial charge in [-0.15, -0.1) is 5.10 Å². The molecule has 0 radical (unpaired) electrons. The molecule has 0 bridgehead atoms. The fourth-order valence-electron chi connectivity index (χ4n) is 2.67. The van der Waals surface area contributed by atoms with E-state index >= 15 is 0 Å². The molecule has 0 fully saturated rings. The summed E-state index contributed by atoms with van der Waals surface area (Å²) >= 11 is 1.44. The van der Waals surface area contributed by atoms with Gasteiger partial charge in [0, 0.05) is 5.39 Å². The number of para-hydroxylation sites is 3. The lowest BCUT2D eigenvalue weighted by atomic mass is 10.2. The van der Waals surface area contributed by atoms with Gasteiger partial charge in [-0.3, -0.25) is 0 Å². The zero-order chi connectivity index (χ0) is 18.6. The highest BCUT2D eigenvalue weighted by molar-refractivity contribution is 7.98. The van der Waals surface area contributed by atoms with Crippen LogP contribution in [0.4, 0.5) is 5.82 Å². The first-order valence-electron chi connectivity index (χ1n) is 8.40. The van der Waals surface area contributed by atoms with Crippen molar-refractivity contribution in [2.75, 3.05) is 12.3 Å². The van der Waals surface area contributed by atoms with Gasteiger partial charge in [0.15, 0.2) is 0 Å². The monoisotopic (exact) mass is 379 g/mol. The van der Waals surface area contributed by atoms with Crippen molar-refractivity contribution in [1.82, 2.24) is 30.2 Å². The van der Waals surface area contributed by atoms with Crippen LogP contribution in [0.5, 0.6) is 5.75 Å². The topological polar surface area (TPSA) is 105 Å². The third-order valence-electron chi connectivity index (χ3n) is 3.84. The van der Waals surface area contributed by atoms with E-state index in [0.29, 0.717) is 29.2 Å². The molecule has 2 heterocycles. The highest BCUT2D eigenvalue weighted by Crippen LogP contribution is 2.27. The molecule has 0 saturated carbocycles. The van der Waals surface area contributed by atoms with Crippen molar-refractivity contribution in [2.45, 2.75) is 17.8 Å². The van der Waals surface area contributed by atoms with E-state index in [2.05, 4.69) is 25.5 Å². The molecule has 4 aromatic rings. The third kappa shape index (κ3) is 3.54. The molecule has 27 heavy (non-hydrogen) atoms. The number of hydrogen-bond acceptors (Lipinski definition) is 8. The molecule has 0 spiro atoms. The molecule has 0 amide bonds. The van der Waals surface area contributed by atoms with E-state index in [4.69, 9.17) is 10.5 Å². The van der Waals surface area contributed by atoms with Gasteiger partial charge < -0.3 is 10.5 Å². The lowest BCUT2D eigenvalue weighted by Crippen LogP contribution is -2.04. The maximum atomic E-state index is 6.06. The summed E-state index contributed by atoms with van der Waals surface area (Å²) in [6.07, 6.45) is 0. The highest BCUT2D eigenvalue weighted by atomic mass is 32.2. The fourth-order valence-corrected chi connectivity index (χ4v) is 3.41. The number of fused-ring (bicyclic) bond motifs is 1. The van der Waals surface area contributed by atoms with Crippen molar-refractivity contribution < 1.29 is 4.74 Å². The second-order valence-electron chi connectivity index (χ2n) is 5.60. The number of nitrogens with two attached hydrogens (primary N) is 1. The summed E-state index contributed by atoms with van der Waals surface area (Å²) in [4.78, 5) is 8.96. The van der Waals surface area contributed by atoms with Gasteiger partial charge >= 0.3 is 0 Å². The summed E-state index contributed by atoms with van der Waals surface area (Å²) in [5, 5.41) is 13.5. The Morgan fingerprint density at radius 3 is 2.78 bits per heavy atom. The van der Waals surface area contributed by atoms with Crippen molar-refractivity contribution in [3.63, 3.8) is 0 Å². The van der Waals surface area contributed by atoms with Crippen molar-refractivity contribution in [2.24, 2.45) is 0 Å².